The van der Waals surface area contributed by atoms with E-state index in [0.29, 0.717) is 0 Å². The van der Waals surface area contributed by atoms with E-state index in [2.05, 4.69) is 19.9 Å². The smallest absolute Gasteiger partial charge is 0.386 e. The van der Waals surface area contributed by atoms with E-state index < -0.39 is 94.7 Å². The summed E-state index contributed by atoms with van der Waals surface area (Å²) in [6.45, 7) is -1.78. The highest BCUT2D eigenvalue weighted by atomic mass is 31.2. The van der Waals surface area contributed by atoms with Crippen molar-refractivity contribution in [3.63, 3.8) is 0 Å². The molecule has 3 saturated heterocycles. The summed E-state index contributed by atoms with van der Waals surface area (Å²) >= 11 is 0. The molecule has 7 heterocycles. The summed E-state index contributed by atoms with van der Waals surface area (Å²) in [6.07, 6.45) is -11.1. The topological polar surface area (TPSA) is 322 Å². The quantitative estimate of drug-likeness (QED) is 0.110. The second-order valence-corrected chi connectivity index (χ2v) is 13.9. The summed E-state index contributed by atoms with van der Waals surface area (Å²) in [5.74, 6) is -0.286. The third-order valence-corrected chi connectivity index (χ3v) is 10.1. The molecule has 7 N–H and O–H groups in total. The Morgan fingerprint density at radius 2 is 1.38 bits per heavy atom. The van der Waals surface area contributed by atoms with Crippen LogP contribution in [0.25, 0.3) is 22.3 Å². The SMILES string of the molecule is Cn1c(=O)c2ncn([C@@H]3O[C@@H]4COP(=O)(O)O[C@H]5[C@@H](O)[C@H](n6cnc7c(=O)[nH]c(N)nc76)O[C@@H]5COP(=O)(O)O[C@H]4[C@H]3O)c2n(C)c1=O. The Kier molecular flexibility index (Phi) is 7.86. The van der Waals surface area contributed by atoms with E-state index in [4.69, 9.17) is 33.3 Å². The number of aryl methyl sites for hydroxylation is 1. The summed E-state index contributed by atoms with van der Waals surface area (Å²) in [7, 11) is -7.68. The maximum Gasteiger partial charge on any atom is 0.472 e. The summed E-state index contributed by atoms with van der Waals surface area (Å²) in [5, 5.41) is 22.4. The zero-order chi connectivity index (χ0) is 34.4. The Morgan fingerprint density at radius 3 is 1.96 bits per heavy atom. The second-order valence-electron chi connectivity index (χ2n) is 11.1. The highest BCUT2D eigenvalue weighted by molar-refractivity contribution is 7.47. The standard InChI is InChI=1S/C22H27N9O15P2/c1-28-17-10(18(35)29(2)22(28)36)25-6-31(17)20-12(33)14-8(44-20)4-42-47(37,38)45-13-7(3-41-48(39,40)46-14)43-19(11(13)32)30-5-24-9-15(30)26-21(23)27-16(9)34/h5-8,11-14,19-20,32-33H,3-4H2,1-2H3,(H,37,38)(H,39,40)(H3,23,26,27,34)/t7-,8-,11-,12-,13-,14-,19-,20-/m1/s1. The Hall–Kier alpha value is -3.64. The van der Waals surface area contributed by atoms with Crippen LogP contribution in [0.3, 0.4) is 0 Å². The van der Waals surface area contributed by atoms with Crippen LogP contribution in [0.2, 0.25) is 0 Å². The number of imidazole rings is 2. The van der Waals surface area contributed by atoms with Crippen molar-refractivity contribution in [1.82, 2.24) is 38.2 Å². The minimum atomic E-state index is -5.13. The van der Waals surface area contributed by atoms with Crippen molar-refractivity contribution in [1.29, 1.82) is 0 Å². The summed E-state index contributed by atoms with van der Waals surface area (Å²) in [5.41, 5.74) is 2.91. The van der Waals surface area contributed by atoms with Gasteiger partial charge in [-0.2, -0.15) is 4.98 Å². The summed E-state index contributed by atoms with van der Waals surface area (Å²) in [4.78, 5) is 72.9. The second kappa shape index (κ2) is 11.5. The fraction of sp³-hybridized carbons (Fsp3) is 0.545. The van der Waals surface area contributed by atoms with Crippen molar-refractivity contribution in [2.75, 3.05) is 18.9 Å². The lowest BCUT2D eigenvalue weighted by Gasteiger charge is -2.27. The van der Waals surface area contributed by atoms with Gasteiger partial charge in [0, 0.05) is 14.1 Å². The van der Waals surface area contributed by atoms with Crippen LogP contribution in [0.15, 0.2) is 27.0 Å². The van der Waals surface area contributed by atoms with Gasteiger partial charge < -0.3 is 35.2 Å². The van der Waals surface area contributed by atoms with Crippen molar-refractivity contribution >= 4 is 43.9 Å². The van der Waals surface area contributed by atoms with E-state index in [1.54, 1.807) is 0 Å². The Labute approximate surface area is 265 Å². The number of fused-ring (bicyclic) bond motifs is 4. The summed E-state index contributed by atoms with van der Waals surface area (Å²) in [6, 6.07) is 0. The van der Waals surface area contributed by atoms with Gasteiger partial charge in [-0.05, 0) is 0 Å². The molecule has 0 radical (unpaired) electrons. The molecule has 2 unspecified atom stereocenters. The first-order valence-electron chi connectivity index (χ1n) is 13.9. The van der Waals surface area contributed by atoms with Gasteiger partial charge in [0.2, 0.25) is 5.95 Å². The van der Waals surface area contributed by atoms with Gasteiger partial charge in [-0.25, -0.2) is 23.9 Å². The first-order chi connectivity index (χ1) is 22.6. The molecule has 0 saturated carbocycles. The molecule has 0 aliphatic carbocycles. The van der Waals surface area contributed by atoms with Gasteiger partial charge in [0.1, 0.15) is 36.6 Å². The van der Waals surface area contributed by atoms with Crippen molar-refractivity contribution in [2.24, 2.45) is 14.1 Å². The van der Waals surface area contributed by atoms with E-state index in [0.717, 1.165) is 30.9 Å². The van der Waals surface area contributed by atoms with Crippen molar-refractivity contribution in [2.45, 2.75) is 49.1 Å². The fourth-order valence-corrected chi connectivity index (χ4v) is 7.77. The minimum absolute atomic E-state index is 0.0772. The Balaban J connectivity index is 1.19. The molecular formula is C22H27N9O15P2. The monoisotopic (exact) mass is 719 g/mol. The van der Waals surface area contributed by atoms with Gasteiger partial charge in [0.25, 0.3) is 11.1 Å². The largest absolute Gasteiger partial charge is 0.472 e. The van der Waals surface area contributed by atoms with Crippen LogP contribution in [0.4, 0.5) is 5.95 Å². The molecule has 7 rings (SSSR count). The molecule has 260 valence electrons. The van der Waals surface area contributed by atoms with Crippen LogP contribution >= 0.6 is 15.6 Å². The third-order valence-electron chi connectivity index (χ3n) is 8.10. The predicted octanol–water partition coefficient (Wildman–Crippen LogP) is -3.32. The molecular weight excluding hydrogens is 692 g/mol. The van der Waals surface area contributed by atoms with E-state index in [1.165, 1.54) is 14.1 Å². The van der Waals surface area contributed by atoms with Gasteiger partial charge in [-0.3, -0.25) is 50.9 Å². The number of hydrogen-bond acceptors (Lipinski definition) is 17. The number of aromatic amines is 1. The molecule has 0 spiro atoms. The number of H-pyrrole nitrogens is 1. The van der Waals surface area contributed by atoms with Crippen LogP contribution in [-0.4, -0.2) is 108 Å². The van der Waals surface area contributed by atoms with Crippen molar-refractivity contribution < 1.29 is 56.7 Å². The number of phosphoric acid groups is 2. The van der Waals surface area contributed by atoms with E-state index in [9.17, 15) is 43.5 Å². The lowest BCUT2D eigenvalue weighted by Crippen LogP contribution is -2.39. The van der Waals surface area contributed by atoms with Gasteiger partial charge >= 0.3 is 21.3 Å². The summed E-state index contributed by atoms with van der Waals surface area (Å²) < 4.78 is 62.7. The highest BCUT2D eigenvalue weighted by Gasteiger charge is 2.54. The lowest BCUT2D eigenvalue weighted by atomic mass is 10.1. The van der Waals surface area contributed by atoms with Crippen LogP contribution < -0.4 is 22.5 Å². The number of aliphatic hydroxyl groups excluding tert-OH is 2. The highest BCUT2D eigenvalue weighted by Crippen LogP contribution is 2.53. The first kappa shape index (κ1) is 32.9. The number of ether oxygens (including phenoxy) is 2. The number of nitrogens with one attached hydrogen (secondary N) is 1. The number of phosphoric ester groups is 2. The van der Waals surface area contributed by atoms with Crippen LogP contribution in [0.1, 0.15) is 12.5 Å². The molecule has 4 aromatic heterocycles. The number of aromatic nitrogens is 8. The van der Waals surface area contributed by atoms with Crippen molar-refractivity contribution in [3.05, 3.63) is 43.8 Å². The third kappa shape index (κ3) is 5.35. The Bertz CT molecular complexity index is 2210. The molecule has 10 atom stereocenters. The molecule has 26 heteroatoms. The van der Waals surface area contributed by atoms with E-state index in [-0.39, 0.29) is 28.3 Å². The number of nitrogen functional groups attached to an aromatic ring is 1. The number of hydrogen-bond donors (Lipinski definition) is 6. The van der Waals surface area contributed by atoms with Gasteiger partial charge in [-0.1, -0.05) is 0 Å². The Morgan fingerprint density at radius 1 is 0.854 bits per heavy atom. The number of aliphatic hydroxyl groups is 2. The zero-order valence-electron chi connectivity index (χ0n) is 24.6. The van der Waals surface area contributed by atoms with E-state index >= 15 is 0 Å². The molecule has 4 aromatic rings. The molecule has 24 nitrogen and oxygen atoms in total. The fourth-order valence-electron chi connectivity index (χ4n) is 5.85. The average molecular weight is 719 g/mol. The minimum Gasteiger partial charge on any atom is -0.386 e. The van der Waals surface area contributed by atoms with Crippen molar-refractivity contribution in [3.8, 4) is 0 Å². The molecule has 0 aromatic carbocycles. The van der Waals surface area contributed by atoms with Gasteiger partial charge in [-0.15, -0.1) is 0 Å². The average Bonchev–Trinajstić information content (AvgIpc) is 3.78. The molecule has 0 bridgehead atoms. The number of nitrogens with two attached hydrogens (primary N) is 1. The number of anilines is 1. The number of nitrogens with zero attached hydrogens (tertiary/aromatic N) is 7. The molecule has 0 amide bonds. The molecule has 48 heavy (non-hydrogen) atoms. The predicted molar refractivity (Wildman–Crippen MR) is 154 cm³/mol. The first-order valence-corrected chi connectivity index (χ1v) is 16.9. The van der Waals surface area contributed by atoms with Gasteiger partial charge in [0.15, 0.2) is 34.8 Å². The molecule has 3 fully saturated rings. The van der Waals surface area contributed by atoms with Crippen LogP contribution in [-0.2, 0) is 50.8 Å². The maximum atomic E-state index is 13.2. The molecule has 3 aliphatic heterocycles. The van der Waals surface area contributed by atoms with Crippen LogP contribution in [0.5, 0.6) is 0 Å². The zero-order valence-corrected chi connectivity index (χ0v) is 26.4. The lowest BCUT2D eigenvalue weighted by molar-refractivity contribution is -0.0664. The molecule has 3 aliphatic rings. The van der Waals surface area contributed by atoms with Gasteiger partial charge in [0.05, 0.1) is 25.9 Å². The maximum absolute atomic E-state index is 13.2. The van der Waals surface area contributed by atoms with E-state index in [1.807, 2.05) is 0 Å². The number of rotatable bonds is 2. The normalized spacial score (nSPS) is 36.1. The van der Waals surface area contributed by atoms with Crippen LogP contribution in [0, 0.1) is 0 Å².